The summed E-state index contributed by atoms with van der Waals surface area (Å²) in [5.41, 5.74) is 5.69. The van der Waals surface area contributed by atoms with Gasteiger partial charge in [0, 0.05) is 19.1 Å². The van der Waals surface area contributed by atoms with E-state index in [1.807, 2.05) is 0 Å². The average Bonchev–Trinajstić information content (AvgIpc) is 2.42. The zero-order valence-corrected chi connectivity index (χ0v) is 8.73. The Balaban J connectivity index is 2.43. The first-order chi connectivity index (χ1) is 6.77. The van der Waals surface area contributed by atoms with Gasteiger partial charge in [-0.05, 0) is 19.4 Å². The summed E-state index contributed by atoms with van der Waals surface area (Å²) in [4.78, 5) is 2.22. The number of aliphatic hydroxyl groups excluding tert-OH is 2. The van der Waals surface area contributed by atoms with E-state index < -0.39 is 6.10 Å². The normalized spacial score (nSPS) is 27.2. The maximum Gasteiger partial charge on any atom is 0.0897 e. The van der Waals surface area contributed by atoms with E-state index in [4.69, 9.17) is 10.8 Å². The van der Waals surface area contributed by atoms with Crippen LogP contribution >= 0.6 is 0 Å². The van der Waals surface area contributed by atoms with Gasteiger partial charge in [-0.3, -0.25) is 4.90 Å². The molecular weight excluding hydrogens is 180 g/mol. The van der Waals surface area contributed by atoms with Gasteiger partial charge in [0.15, 0.2) is 0 Å². The molecule has 0 aromatic heterocycles. The predicted molar refractivity (Wildman–Crippen MR) is 56.0 cm³/mol. The van der Waals surface area contributed by atoms with Crippen LogP contribution in [0.4, 0.5) is 0 Å². The molecule has 2 unspecified atom stereocenters. The van der Waals surface area contributed by atoms with E-state index in [0.717, 1.165) is 13.0 Å². The molecule has 1 aliphatic heterocycles. The van der Waals surface area contributed by atoms with Crippen LogP contribution in [0.5, 0.6) is 0 Å². The first kappa shape index (κ1) is 11.9. The molecule has 4 heteroatoms. The van der Waals surface area contributed by atoms with Gasteiger partial charge >= 0.3 is 0 Å². The summed E-state index contributed by atoms with van der Waals surface area (Å²) in [6.07, 6.45) is 4.15. The topological polar surface area (TPSA) is 69.7 Å². The van der Waals surface area contributed by atoms with Crippen molar-refractivity contribution < 1.29 is 10.2 Å². The molecule has 4 nitrogen and oxygen atoms in total. The van der Waals surface area contributed by atoms with E-state index in [-0.39, 0.29) is 6.61 Å². The molecule has 0 amide bonds. The van der Waals surface area contributed by atoms with Crippen LogP contribution in [0.3, 0.4) is 0 Å². The highest BCUT2D eigenvalue weighted by Gasteiger charge is 2.21. The Bertz CT molecular complexity index is 155. The Morgan fingerprint density at radius 2 is 2.14 bits per heavy atom. The fraction of sp³-hybridized carbons (Fsp3) is 1.00. The van der Waals surface area contributed by atoms with Crippen molar-refractivity contribution in [2.45, 2.75) is 37.8 Å². The summed E-state index contributed by atoms with van der Waals surface area (Å²) in [5, 5.41) is 18.2. The van der Waals surface area contributed by atoms with E-state index in [1.165, 1.54) is 19.3 Å². The van der Waals surface area contributed by atoms with Crippen molar-refractivity contribution >= 4 is 0 Å². The molecule has 1 saturated heterocycles. The minimum absolute atomic E-state index is 0.159. The molecule has 1 fully saturated rings. The summed E-state index contributed by atoms with van der Waals surface area (Å²) < 4.78 is 0. The van der Waals surface area contributed by atoms with Gasteiger partial charge in [-0.1, -0.05) is 12.8 Å². The Morgan fingerprint density at radius 3 is 2.79 bits per heavy atom. The van der Waals surface area contributed by atoms with Crippen LogP contribution < -0.4 is 5.73 Å². The maximum absolute atomic E-state index is 9.38. The molecule has 0 bridgehead atoms. The standard InChI is InChI=1S/C10H22N2O2/c11-6-9-4-2-1-3-5-12(9)7-10(14)8-13/h9-10,13-14H,1-8,11H2. The van der Waals surface area contributed by atoms with Crippen LogP contribution in [0, 0.1) is 0 Å². The van der Waals surface area contributed by atoms with Crippen molar-refractivity contribution in [3.05, 3.63) is 0 Å². The number of β-amino-alcohol motifs (C(OH)–C–C–N with tert-alkyl or cyclic N) is 1. The van der Waals surface area contributed by atoms with Gasteiger partial charge in [-0.2, -0.15) is 0 Å². The van der Waals surface area contributed by atoms with E-state index in [9.17, 15) is 5.11 Å². The third-order valence-corrected chi connectivity index (χ3v) is 2.93. The minimum Gasteiger partial charge on any atom is -0.394 e. The fourth-order valence-corrected chi connectivity index (χ4v) is 2.07. The third kappa shape index (κ3) is 3.53. The monoisotopic (exact) mass is 202 g/mol. The number of likely N-dealkylation sites (tertiary alicyclic amines) is 1. The molecule has 0 aromatic rings. The average molecular weight is 202 g/mol. The number of rotatable bonds is 4. The second kappa shape index (κ2) is 6.35. The second-order valence-electron chi connectivity index (χ2n) is 4.07. The van der Waals surface area contributed by atoms with Gasteiger partial charge in [0.2, 0.25) is 0 Å². The van der Waals surface area contributed by atoms with Crippen LogP contribution in [0.15, 0.2) is 0 Å². The minimum atomic E-state index is -0.623. The quantitative estimate of drug-likeness (QED) is 0.577. The SMILES string of the molecule is NCC1CCCCCN1CC(O)CO. The predicted octanol–water partition coefficient (Wildman–Crippen LogP) is -0.457. The van der Waals surface area contributed by atoms with Crippen LogP contribution in [-0.4, -0.2) is 53.5 Å². The first-order valence-electron chi connectivity index (χ1n) is 5.51. The summed E-state index contributed by atoms with van der Waals surface area (Å²) in [7, 11) is 0. The highest BCUT2D eigenvalue weighted by molar-refractivity contribution is 4.77. The zero-order valence-electron chi connectivity index (χ0n) is 8.73. The first-order valence-corrected chi connectivity index (χ1v) is 5.51. The van der Waals surface area contributed by atoms with Crippen molar-refractivity contribution in [2.75, 3.05) is 26.2 Å². The highest BCUT2D eigenvalue weighted by atomic mass is 16.3. The van der Waals surface area contributed by atoms with Crippen LogP contribution in [0.2, 0.25) is 0 Å². The summed E-state index contributed by atoms with van der Waals surface area (Å²) in [5.74, 6) is 0. The molecule has 1 heterocycles. The van der Waals surface area contributed by atoms with E-state index in [1.54, 1.807) is 0 Å². The molecular formula is C10H22N2O2. The lowest BCUT2D eigenvalue weighted by Gasteiger charge is -2.30. The molecule has 0 aromatic carbocycles. The molecule has 4 N–H and O–H groups in total. The van der Waals surface area contributed by atoms with Crippen molar-refractivity contribution in [1.82, 2.24) is 4.90 Å². The lowest BCUT2D eigenvalue weighted by molar-refractivity contribution is 0.0465. The van der Waals surface area contributed by atoms with E-state index in [0.29, 0.717) is 19.1 Å². The lowest BCUT2D eigenvalue weighted by atomic mass is 10.1. The van der Waals surface area contributed by atoms with E-state index in [2.05, 4.69) is 4.90 Å². The second-order valence-corrected chi connectivity index (χ2v) is 4.07. The Morgan fingerprint density at radius 1 is 1.36 bits per heavy atom. The molecule has 84 valence electrons. The van der Waals surface area contributed by atoms with Crippen molar-refractivity contribution in [3.63, 3.8) is 0 Å². The van der Waals surface area contributed by atoms with Gasteiger partial charge in [0.1, 0.15) is 0 Å². The highest BCUT2D eigenvalue weighted by Crippen LogP contribution is 2.16. The van der Waals surface area contributed by atoms with Crippen molar-refractivity contribution in [2.24, 2.45) is 5.73 Å². The smallest absolute Gasteiger partial charge is 0.0897 e. The molecule has 0 aliphatic carbocycles. The van der Waals surface area contributed by atoms with Crippen LogP contribution in [-0.2, 0) is 0 Å². The Hall–Kier alpha value is -0.160. The maximum atomic E-state index is 9.38. The zero-order chi connectivity index (χ0) is 10.4. The van der Waals surface area contributed by atoms with Gasteiger partial charge in [-0.25, -0.2) is 0 Å². The molecule has 0 saturated carbocycles. The molecule has 1 aliphatic rings. The number of aliphatic hydroxyl groups is 2. The fourth-order valence-electron chi connectivity index (χ4n) is 2.07. The van der Waals surface area contributed by atoms with Crippen LogP contribution in [0.25, 0.3) is 0 Å². The van der Waals surface area contributed by atoms with Gasteiger partial charge in [0.25, 0.3) is 0 Å². The van der Waals surface area contributed by atoms with Gasteiger partial charge in [-0.15, -0.1) is 0 Å². The summed E-state index contributed by atoms with van der Waals surface area (Å²) in [6, 6.07) is 0.388. The number of nitrogens with zero attached hydrogens (tertiary/aromatic N) is 1. The van der Waals surface area contributed by atoms with Crippen molar-refractivity contribution in [1.29, 1.82) is 0 Å². The van der Waals surface area contributed by atoms with Crippen LogP contribution in [0.1, 0.15) is 25.7 Å². The molecule has 0 radical (unpaired) electrons. The summed E-state index contributed by atoms with van der Waals surface area (Å²) in [6.45, 7) is 2.04. The number of nitrogens with two attached hydrogens (primary N) is 1. The summed E-state index contributed by atoms with van der Waals surface area (Å²) >= 11 is 0. The molecule has 1 rings (SSSR count). The van der Waals surface area contributed by atoms with Gasteiger partial charge in [0.05, 0.1) is 12.7 Å². The third-order valence-electron chi connectivity index (χ3n) is 2.93. The Kier molecular flexibility index (Phi) is 5.40. The molecule has 0 spiro atoms. The Labute approximate surface area is 85.7 Å². The number of hydrogen-bond donors (Lipinski definition) is 3. The van der Waals surface area contributed by atoms with Crippen molar-refractivity contribution in [3.8, 4) is 0 Å². The van der Waals surface area contributed by atoms with Gasteiger partial charge < -0.3 is 15.9 Å². The lowest BCUT2D eigenvalue weighted by Crippen LogP contribution is -2.44. The molecule has 2 atom stereocenters. The number of hydrogen-bond acceptors (Lipinski definition) is 4. The largest absolute Gasteiger partial charge is 0.394 e. The van der Waals surface area contributed by atoms with E-state index >= 15 is 0 Å². The molecule has 14 heavy (non-hydrogen) atoms.